The number of hydrogen-bond acceptors (Lipinski definition) is 12. The summed E-state index contributed by atoms with van der Waals surface area (Å²) in [6, 6.07) is 8.07. The second kappa shape index (κ2) is 11.7. The molecule has 0 spiro atoms. The Balaban J connectivity index is 1.09. The molecule has 2 N–H and O–H groups in total. The molecule has 6 rings (SSSR count). The summed E-state index contributed by atoms with van der Waals surface area (Å²) < 4.78 is 11.9. The number of nitrogens with zero attached hydrogens (tertiary/aromatic N) is 9. The number of methoxy groups -OCH3 is 1. The number of aryl methyl sites for hydroxylation is 1. The lowest BCUT2D eigenvalue weighted by molar-refractivity contribution is -0.0327. The molecule has 12 nitrogen and oxygen atoms in total. The Morgan fingerprint density at radius 2 is 1.78 bits per heavy atom. The molecule has 1 aromatic carbocycles. The first-order chi connectivity index (χ1) is 19.9. The van der Waals surface area contributed by atoms with E-state index in [2.05, 4.69) is 42.6 Å². The smallest absolute Gasteiger partial charge is 0.227 e. The van der Waals surface area contributed by atoms with Crippen molar-refractivity contribution in [3.05, 3.63) is 41.9 Å². The number of hydrogen-bond donors (Lipinski definition) is 1. The van der Waals surface area contributed by atoms with Crippen LogP contribution >= 0.6 is 0 Å². The van der Waals surface area contributed by atoms with E-state index in [0.717, 1.165) is 87.6 Å². The fourth-order valence-electron chi connectivity index (χ4n) is 6.22. The van der Waals surface area contributed by atoms with Gasteiger partial charge in [0.15, 0.2) is 0 Å². The summed E-state index contributed by atoms with van der Waals surface area (Å²) in [5, 5.41) is 9.52. The molecule has 4 atom stereocenters. The van der Waals surface area contributed by atoms with E-state index in [0.29, 0.717) is 11.1 Å². The molecule has 2 aromatic heterocycles. The monoisotopic (exact) mass is 558 g/mol. The van der Waals surface area contributed by atoms with Gasteiger partial charge in [0.05, 0.1) is 35.6 Å². The zero-order valence-corrected chi connectivity index (χ0v) is 24.0. The lowest BCUT2D eigenvalue weighted by Gasteiger charge is -2.42. The van der Waals surface area contributed by atoms with Crippen molar-refractivity contribution in [2.75, 3.05) is 80.7 Å². The van der Waals surface area contributed by atoms with Crippen molar-refractivity contribution in [2.45, 2.75) is 38.2 Å². The molecule has 0 aliphatic carbocycles. The molecule has 12 heteroatoms. The highest BCUT2D eigenvalue weighted by Crippen LogP contribution is 2.29. The third-order valence-electron chi connectivity index (χ3n) is 8.27. The summed E-state index contributed by atoms with van der Waals surface area (Å²) in [6.07, 6.45) is 3.47. The molecule has 3 aromatic rings. The fraction of sp³-hybridized carbons (Fsp3) is 0.552. The summed E-state index contributed by atoms with van der Waals surface area (Å²) in [7, 11) is 1.71. The van der Waals surface area contributed by atoms with Crippen molar-refractivity contribution < 1.29 is 9.47 Å². The molecule has 0 radical (unpaired) electrons. The van der Waals surface area contributed by atoms with Crippen LogP contribution in [0, 0.1) is 18.3 Å². The summed E-state index contributed by atoms with van der Waals surface area (Å²) in [5.74, 6) is 1.69. The second-order valence-electron chi connectivity index (χ2n) is 11.3. The normalized spacial score (nSPS) is 25.6. The molecule has 0 saturated carbocycles. The minimum Gasteiger partial charge on any atom is -0.378 e. The Labute approximate surface area is 240 Å². The van der Waals surface area contributed by atoms with Crippen molar-refractivity contribution in [2.24, 2.45) is 5.73 Å². The van der Waals surface area contributed by atoms with Gasteiger partial charge in [0.2, 0.25) is 5.95 Å². The van der Waals surface area contributed by atoms with Gasteiger partial charge < -0.3 is 29.9 Å². The second-order valence-corrected chi connectivity index (χ2v) is 11.3. The average molecular weight is 559 g/mol. The molecule has 3 aliphatic rings. The van der Waals surface area contributed by atoms with E-state index in [-0.39, 0.29) is 24.4 Å². The highest BCUT2D eigenvalue weighted by atomic mass is 16.5. The number of rotatable bonds is 6. The zero-order chi connectivity index (χ0) is 28.5. The molecule has 3 aliphatic heterocycles. The van der Waals surface area contributed by atoms with Gasteiger partial charge in [-0.05, 0) is 26.0 Å². The number of anilines is 3. The van der Waals surface area contributed by atoms with E-state index in [4.69, 9.17) is 25.2 Å². The van der Waals surface area contributed by atoms with Gasteiger partial charge in [-0.15, -0.1) is 0 Å². The largest absolute Gasteiger partial charge is 0.378 e. The van der Waals surface area contributed by atoms with Crippen LogP contribution in [0.2, 0.25) is 0 Å². The van der Waals surface area contributed by atoms with E-state index in [1.165, 1.54) is 0 Å². The van der Waals surface area contributed by atoms with E-state index in [1.54, 1.807) is 19.5 Å². The first kappa shape index (κ1) is 27.5. The van der Waals surface area contributed by atoms with Crippen LogP contribution in [0.15, 0.2) is 30.6 Å². The van der Waals surface area contributed by atoms with Crippen molar-refractivity contribution in [3.63, 3.8) is 0 Å². The van der Waals surface area contributed by atoms with Crippen LogP contribution in [0.25, 0.3) is 11.0 Å². The SMILES string of the molecule is CO[C@H]1CN(c2cc(C)nc(N3CCN(C[C@H]4CN(c5ccc(C#N)c6nccnc56)C[C@@H](C)O4)CC3)n2)C[C@H]1N. The molecule has 0 bridgehead atoms. The van der Waals surface area contributed by atoms with Crippen LogP contribution in [-0.2, 0) is 9.47 Å². The molecular formula is C29H38N10O2. The lowest BCUT2D eigenvalue weighted by atomic mass is 10.1. The fourth-order valence-corrected chi connectivity index (χ4v) is 6.22. The Morgan fingerprint density at radius 1 is 1.00 bits per heavy atom. The molecule has 0 amide bonds. The van der Waals surface area contributed by atoms with Crippen LogP contribution in [0.5, 0.6) is 0 Å². The molecule has 3 fully saturated rings. The van der Waals surface area contributed by atoms with Crippen molar-refractivity contribution in [1.82, 2.24) is 24.8 Å². The molecular weight excluding hydrogens is 520 g/mol. The molecule has 41 heavy (non-hydrogen) atoms. The van der Waals surface area contributed by atoms with Crippen LogP contribution < -0.4 is 20.4 Å². The van der Waals surface area contributed by atoms with Crippen LogP contribution in [-0.4, -0.2) is 115 Å². The Hall–Kier alpha value is -3.63. The number of benzene rings is 1. The Bertz CT molecular complexity index is 1420. The minimum absolute atomic E-state index is 0.0153. The van der Waals surface area contributed by atoms with E-state index < -0.39 is 0 Å². The first-order valence-corrected chi connectivity index (χ1v) is 14.3. The Kier molecular flexibility index (Phi) is 7.86. The summed E-state index contributed by atoms with van der Waals surface area (Å²) >= 11 is 0. The van der Waals surface area contributed by atoms with E-state index in [1.807, 2.05) is 25.1 Å². The standard InChI is InChI=1S/C29H38N10O2/c1-19-12-26(39-17-23(31)25(18-39)40-3)35-29(34-19)37-10-8-36(9-11-37)15-22-16-38(14-20(2)41-22)24-5-4-21(13-30)27-28(24)33-7-6-32-27/h4-7,12,20,22-23,25H,8-11,14-18,31H2,1-3H3/t20-,22+,23-,25+/m1/s1. The summed E-state index contributed by atoms with van der Waals surface area (Å²) in [5.41, 5.74) is 10.2. The predicted octanol–water partition coefficient (Wildman–Crippen LogP) is 1.18. The number of nitrogens with two attached hydrogens (primary N) is 1. The highest BCUT2D eigenvalue weighted by Gasteiger charge is 2.33. The van der Waals surface area contributed by atoms with E-state index >= 15 is 0 Å². The van der Waals surface area contributed by atoms with Crippen LogP contribution in [0.4, 0.5) is 17.5 Å². The van der Waals surface area contributed by atoms with Gasteiger partial charge in [0.1, 0.15) is 22.9 Å². The summed E-state index contributed by atoms with van der Waals surface area (Å²) in [6.45, 7) is 11.5. The van der Waals surface area contributed by atoms with Crippen molar-refractivity contribution in [1.29, 1.82) is 5.26 Å². The van der Waals surface area contributed by atoms with Crippen molar-refractivity contribution >= 4 is 28.5 Å². The topological polar surface area (TPSA) is 133 Å². The van der Waals surface area contributed by atoms with Gasteiger partial charge >= 0.3 is 0 Å². The third-order valence-corrected chi connectivity index (χ3v) is 8.27. The third kappa shape index (κ3) is 5.76. The number of ether oxygens (including phenoxy) is 2. The number of morpholine rings is 1. The lowest BCUT2D eigenvalue weighted by Crippen LogP contribution is -2.54. The number of piperazine rings is 1. The van der Waals surface area contributed by atoms with Gasteiger partial charge in [-0.25, -0.2) is 4.98 Å². The zero-order valence-electron chi connectivity index (χ0n) is 24.0. The van der Waals surface area contributed by atoms with Crippen LogP contribution in [0.3, 0.4) is 0 Å². The molecule has 216 valence electrons. The van der Waals surface area contributed by atoms with Crippen LogP contribution in [0.1, 0.15) is 18.2 Å². The quantitative estimate of drug-likeness (QED) is 0.466. The van der Waals surface area contributed by atoms with Gasteiger partial charge in [-0.3, -0.25) is 14.9 Å². The van der Waals surface area contributed by atoms with Gasteiger partial charge in [-0.1, -0.05) is 0 Å². The molecule has 5 heterocycles. The Morgan fingerprint density at radius 3 is 2.51 bits per heavy atom. The number of fused-ring (bicyclic) bond motifs is 1. The molecule has 3 saturated heterocycles. The number of aromatic nitrogens is 4. The van der Waals surface area contributed by atoms with Gasteiger partial charge in [0, 0.05) is 90.2 Å². The maximum atomic E-state index is 9.52. The van der Waals surface area contributed by atoms with E-state index in [9.17, 15) is 5.26 Å². The average Bonchev–Trinajstić information content (AvgIpc) is 3.37. The number of nitriles is 1. The minimum atomic E-state index is -0.0218. The van der Waals surface area contributed by atoms with Gasteiger partial charge in [0.25, 0.3) is 0 Å². The van der Waals surface area contributed by atoms with Crippen molar-refractivity contribution in [3.8, 4) is 6.07 Å². The predicted molar refractivity (Wildman–Crippen MR) is 157 cm³/mol. The first-order valence-electron chi connectivity index (χ1n) is 14.3. The molecule has 0 unspecified atom stereocenters. The summed E-state index contributed by atoms with van der Waals surface area (Å²) in [4.78, 5) is 28.0. The van der Waals surface area contributed by atoms with Gasteiger partial charge in [-0.2, -0.15) is 10.2 Å². The maximum absolute atomic E-state index is 9.52. The maximum Gasteiger partial charge on any atom is 0.227 e. The highest BCUT2D eigenvalue weighted by molar-refractivity contribution is 5.92.